The molecule has 1 aromatic rings. The molecule has 0 aliphatic carbocycles. The number of carboxylic acid groups (broad SMARTS) is 1. The maximum atomic E-state index is 13.5. The fourth-order valence-corrected chi connectivity index (χ4v) is 4.17. The number of epoxide rings is 1. The molecule has 5 atom stereocenters. The Kier molecular flexibility index (Phi) is 12.8. The number of hydrogen-bond acceptors (Lipinski definition) is 9. The van der Waals surface area contributed by atoms with Crippen LogP contribution < -0.4 is 16.4 Å². The van der Waals surface area contributed by atoms with Crippen molar-refractivity contribution in [3.8, 4) is 0 Å². The summed E-state index contributed by atoms with van der Waals surface area (Å²) < 4.78 is 5.11. The molecule has 7 amide bonds. The number of carbonyl (C=O) groups excluding carboxylic acids is 6. The van der Waals surface area contributed by atoms with Crippen molar-refractivity contribution in [1.29, 1.82) is 0 Å². The van der Waals surface area contributed by atoms with Gasteiger partial charge in [0.25, 0.3) is 17.7 Å². The minimum atomic E-state index is -1.84. The van der Waals surface area contributed by atoms with Crippen LogP contribution in [0.15, 0.2) is 30.3 Å². The zero-order valence-corrected chi connectivity index (χ0v) is 24.9. The summed E-state index contributed by atoms with van der Waals surface area (Å²) in [5, 5.41) is 15.4. The Morgan fingerprint density at radius 2 is 1.65 bits per heavy atom. The van der Waals surface area contributed by atoms with E-state index in [0.29, 0.717) is 22.7 Å². The van der Waals surface area contributed by atoms with Gasteiger partial charge in [-0.3, -0.25) is 33.7 Å². The summed E-state index contributed by atoms with van der Waals surface area (Å²) in [6, 6.07) is 6.13. The van der Waals surface area contributed by atoms with E-state index in [1.165, 1.54) is 6.92 Å². The van der Waals surface area contributed by atoms with Crippen LogP contribution in [0.5, 0.6) is 0 Å². The second kappa shape index (κ2) is 15.7. The molecule has 1 aliphatic rings. The fourth-order valence-electron chi connectivity index (χ4n) is 4.17. The number of imide groups is 2. The lowest BCUT2D eigenvalue weighted by Crippen LogP contribution is -2.60. The largest absolute Gasteiger partial charge is 0.463 e. The molecule has 1 saturated heterocycles. The van der Waals surface area contributed by atoms with Crippen molar-refractivity contribution < 1.29 is 43.4 Å². The van der Waals surface area contributed by atoms with Gasteiger partial charge in [-0.1, -0.05) is 44.2 Å². The highest BCUT2D eigenvalue weighted by atomic mass is 16.6. The molecule has 15 heteroatoms. The van der Waals surface area contributed by atoms with Crippen LogP contribution in [-0.4, -0.2) is 106 Å². The predicted octanol–water partition coefficient (Wildman–Crippen LogP) is -0.366. The van der Waals surface area contributed by atoms with Crippen molar-refractivity contribution in [2.45, 2.75) is 77.3 Å². The Bertz CT molecular complexity index is 1190. The second-order valence-electron chi connectivity index (χ2n) is 10.6. The highest BCUT2D eigenvalue weighted by Crippen LogP contribution is 2.26. The number of aryl methyl sites for hydroxylation is 1. The van der Waals surface area contributed by atoms with Crippen molar-refractivity contribution >= 4 is 42.0 Å². The van der Waals surface area contributed by atoms with Gasteiger partial charge in [0.15, 0.2) is 12.2 Å². The number of ether oxygens (including phenoxy) is 1. The van der Waals surface area contributed by atoms with Gasteiger partial charge >= 0.3 is 6.09 Å². The van der Waals surface area contributed by atoms with Crippen LogP contribution >= 0.6 is 0 Å². The summed E-state index contributed by atoms with van der Waals surface area (Å²) in [6.45, 7) is 6.45. The van der Waals surface area contributed by atoms with E-state index in [1.54, 1.807) is 45.0 Å². The SMILES string of the molecule is CC(CCNC(=O)[C@@H]1O[C@H]1C(=O)N(C(=O)O)N(C)C(=O)[C@H](C)N(C(=O)CCc1ccccc1)C(=O)[C@@H](N)C(C)C)NC=O. The number of amides is 7. The third kappa shape index (κ3) is 9.31. The normalized spacial score (nSPS) is 17.6. The van der Waals surface area contributed by atoms with Gasteiger partial charge in [0.2, 0.25) is 18.2 Å². The molecule has 2 rings (SSSR count). The summed E-state index contributed by atoms with van der Waals surface area (Å²) >= 11 is 0. The first-order valence-corrected chi connectivity index (χ1v) is 13.8. The molecule has 0 aromatic heterocycles. The van der Waals surface area contributed by atoms with Crippen LogP contribution in [0.4, 0.5) is 4.79 Å². The molecule has 1 aromatic carbocycles. The maximum absolute atomic E-state index is 13.5. The number of nitrogens with one attached hydrogen (secondary N) is 2. The first kappa shape index (κ1) is 34.8. The molecule has 1 fully saturated rings. The molecule has 1 aliphatic heterocycles. The quantitative estimate of drug-likeness (QED) is 0.123. The molecule has 236 valence electrons. The average molecular weight is 605 g/mol. The number of hydrazine groups is 1. The zero-order valence-electron chi connectivity index (χ0n) is 24.9. The van der Waals surface area contributed by atoms with Crippen molar-refractivity contribution in [2.24, 2.45) is 11.7 Å². The van der Waals surface area contributed by atoms with Crippen LogP contribution in [0.1, 0.15) is 46.1 Å². The van der Waals surface area contributed by atoms with Gasteiger partial charge in [-0.05, 0) is 38.2 Å². The van der Waals surface area contributed by atoms with E-state index < -0.39 is 59.9 Å². The first-order valence-electron chi connectivity index (χ1n) is 13.8. The van der Waals surface area contributed by atoms with Gasteiger partial charge in [-0.15, -0.1) is 5.01 Å². The highest BCUT2D eigenvalue weighted by molar-refractivity contribution is 6.04. The average Bonchev–Trinajstić information content (AvgIpc) is 3.77. The number of likely N-dealkylation sites (N-methyl/N-ethyl adjacent to an activating group) is 1. The Hall–Kier alpha value is -4.37. The van der Waals surface area contributed by atoms with E-state index in [2.05, 4.69) is 10.6 Å². The summed E-state index contributed by atoms with van der Waals surface area (Å²) in [6.07, 6.45) is -3.56. The van der Waals surface area contributed by atoms with Crippen LogP contribution in [0.25, 0.3) is 0 Å². The van der Waals surface area contributed by atoms with Crippen molar-refractivity contribution in [2.75, 3.05) is 13.6 Å². The molecule has 43 heavy (non-hydrogen) atoms. The number of carbonyl (C=O) groups is 7. The lowest BCUT2D eigenvalue weighted by Gasteiger charge is -2.34. The Balaban J connectivity index is 2.16. The summed E-state index contributed by atoms with van der Waals surface area (Å²) in [5.74, 6) is -4.85. The molecular formula is C28H40N6O9. The molecule has 1 heterocycles. The predicted molar refractivity (Wildman–Crippen MR) is 151 cm³/mol. The number of rotatable bonds is 14. The number of benzene rings is 1. The number of nitrogens with zero attached hydrogens (tertiary/aromatic N) is 3. The maximum Gasteiger partial charge on any atom is 0.433 e. The van der Waals surface area contributed by atoms with E-state index in [0.717, 1.165) is 12.6 Å². The van der Waals surface area contributed by atoms with E-state index in [1.807, 2.05) is 6.07 Å². The molecule has 15 nitrogen and oxygen atoms in total. The van der Waals surface area contributed by atoms with E-state index in [-0.39, 0.29) is 36.4 Å². The van der Waals surface area contributed by atoms with Crippen LogP contribution in [0.3, 0.4) is 0 Å². The molecule has 5 N–H and O–H groups in total. The standard InChI is InChI=1S/C28H40N6O9/c1-16(2)21(29)26(39)33(20(36)12-11-19-9-7-6-8-10-19)18(4)25(38)32(5)34(28(41)42)27(40)23-22(43-23)24(37)30-14-13-17(3)31-15-35/h6-10,15-18,21-23H,11-14,29H2,1-5H3,(H,30,37)(H,31,35)(H,41,42)/t17?,18-,21-,22+,23+/m0/s1. The van der Waals surface area contributed by atoms with Crippen molar-refractivity contribution in [1.82, 2.24) is 25.6 Å². The third-order valence-corrected chi connectivity index (χ3v) is 6.96. The zero-order chi connectivity index (χ0) is 32.4. The van der Waals surface area contributed by atoms with Crippen LogP contribution in [0.2, 0.25) is 0 Å². The molecule has 1 unspecified atom stereocenters. The van der Waals surface area contributed by atoms with Gasteiger partial charge in [0.05, 0.1) is 6.04 Å². The molecule has 0 saturated carbocycles. The third-order valence-electron chi connectivity index (χ3n) is 6.96. The fraction of sp³-hybridized carbons (Fsp3) is 0.536. The summed E-state index contributed by atoms with van der Waals surface area (Å²) in [5.41, 5.74) is 6.86. The van der Waals surface area contributed by atoms with E-state index in [9.17, 15) is 38.7 Å². The molecule has 0 radical (unpaired) electrons. The molecular weight excluding hydrogens is 564 g/mol. The Morgan fingerprint density at radius 3 is 2.21 bits per heavy atom. The van der Waals surface area contributed by atoms with E-state index in [4.69, 9.17) is 10.5 Å². The van der Waals surface area contributed by atoms with Gasteiger partial charge < -0.3 is 26.2 Å². The summed E-state index contributed by atoms with van der Waals surface area (Å²) in [7, 11) is 0.989. The van der Waals surface area contributed by atoms with Gasteiger partial charge in [-0.2, -0.15) is 0 Å². The number of hydrogen-bond donors (Lipinski definition) is 4. The topological polar surface area (TPSA) is 212 Å². The molecule has 0 bridgehead atoms. The van der Waals surface area contributed by atoms with Crippen LogP contribution in [0, 0.1) is 5.92 Å². The molecule has 0 spiro atoms. The Labute approximate surface area is 249 Å². The van der Waals surface area contributed by atoms with Gasteiger partial charge in [0, 0.05) is 26.1 Å². The lowest BCUT2D eigenvalue weighted by molar-refractivity contribution is -0.165. The number of nitrogens with two attached hydrogens (primary N) is 1. The van der Waals surface area contributed by atoms with Gasteiger partial charge in [-0.25, -0.2) is 9.80 Å². The monoisotopic (exact) mass is 604 g/mol. The second-order valence-corrected chi connectivity index (χ2v) is 10.6. The smallest absolute Gasteiger partial charge is 0.433 e. The minimum absolute atomic E-state index is 0.0757. The highest BCUT2D eigenvalue weighted by Gasteiger charge is 2.54. The van der Waals surface area contributed by atoms with Crippen molar-refractivity contribution in [3.05, 3.63) is 35.9 Å². The van der Waals surface area contributed by atoms with Gasteiger partial charge in [0.1, 0.15) is 6.04 Å². The minimum Gasteiger partial charge on any atom is -0.463 e. The first-order chi connectivity index (χ1) is 20.2. The Morgan fingerprint density at radius 1 is 1.02 bits per heavy atom. The van der Waals surface area contributed by atoms with E-state index >= 15 is 0 Å². The van der Waals surface area contributed by atoms with Crippen molar-refractivity contribution in [3.63, 3.8) is 0 Å². The summed E-state index contributed by atoms with van der Waals surface area (Å²) in [4.78, 5) is 88.7. The lowest BCUT2D eigenvalue weighted by atomic mass is 10.0. The van der Waals surface area contributed by atoms with Crippen LogP contribution in [-0.2, 0) is 39.9 Å².